The summed E-state index contributed by atoms with van der Waals surface area (Å²) in [7, 11) is 0. The van der Waals surface area contributed by atoms with E-state index in [0.717, 1.165) is 25.7 Å². The van der Waals surface area contributed by atoms with E-state index in [2.05, 4.69) is 0 Å². The van der Waals surface area contributed by atoms with Crippen LogP contribution in [0.1, 0.15) is 42.5 Å². The molecule has 4 nitrogen and oxygen atoms in total. The van der Waals surface area contributed by atoms with Crippen molar-refractivity contribution < 1.29 is 9.72 Å². The molecule has 0 atom stereocenters. The fraction of sp³-hybridized carbons (Fsp3) is 0.462. The van der Waals surface area contributed by atoms with E-state index in [1.165, 1.54) is 24.3 Å². The molecule has 0 fully saturated rings. The maximum atomic E-state index is 11.8. The standard InChI is InChI=1S/C13H16ClNO3/c14-10-4-2-1-3-5-13(16)11-6-8-12(9-7-11)15(17)18/h6-9H,1-5,10H2. The summed E-state index contributed by atoms with van der Waals surface area (Å²) >= 11 is 5.56. The second kappa shape index (κ2) is 7.82. The quantitative estimate of drug-likeness (QED) is 0.236. The van der Waals surface area contributed by atoms with Crippen molar-refractivity contribution in [1.82, 2.24) is 0 Å². The van der Waals surface area contributed by atoms with Crippen LogP contribution in [0.15, 0.2) is 24.3 Å². The topological polar surface area (TPSA) is 60.2 Å². The van der Waals surface area contributed by atoms with Crippen molar-refractivity contribution in [2.75, 3.05) is 5.88 Å². The largest absolute Gasteiger partial charge is 0.294 e. The summed E-state index contributed by atoms with van der Waals surface area (Å²) in [5.41, 5.74) is 0.548. The summed E-state index contributed by atoms with van der Waals surface area (Å²) in [6.07, 6.45) is 4.34. The SMILES string of the molecule is O=C(CCCCCCCl)c1ccc([N+](=O)[O-])cc1. The van der Waals surface area contributed by atoms with E-state index in [-0.39, 0.29) is 11.5 Å². The Bertz CT molecular complexity index is 403. The van der Waals surface area contributed by atoms with Gasteiger partial charge in [0.2, 0.25) is 0 Å². The Hall–Kier alpha value is -1.42. The number of carbonyl (C=O) groups is 1. The van der Waals surface area contributed by atoms with Crippen molar-refractivity contribution in [3.8, 4) is 0 Å². The number of unbranched alkanes of at least 4 members (excludes halogenated alkanes) is 3. The summed E-state index contributed by atoms with van der Waals surface area (Å²) in [4.78, 5) is 21.8. The molecule has 0 aromatic heterocycles. The number of nitro benzene ring substituents is 1. The first-order valence-corrected chi connectivity index (χ1v) is 6.52. The molecular formula is C13H16ClNO3. The number of carbonyl (C=O) groups excluding carboxylic acids is 1. The Balaban J connectivity index is 2.39. The van der Waals surface area contributed by atoms with Crippen LogP contribution in [0.3, 0.4) is 0 Å². The summed E-state index contributed by atoms with van der Waals surface area (Å²) in [6, 6.07) is 5.75. The first-order valence-electron chi connectivity index (χ1n) is 5.99. The number of non-ortho nitro benzene ring substituents is 1. The first kappa shape index (κ1) is 14.6. The van der Waals surface area contributed by atoms with Gasteiger partial charge in [-0.15, -0.1) is 11.6 Å². The molecule has 1 rings (SSSR count). The predicted molar refractivity (Wildman–Crippen MR) is 71.2 cm³/mol. The third kappa shape index (κ3) is 4.84. The van der Waals surface area contributed by atoms with Crippen molar-refractivity contribution in [1.29, 1.82) is 0 Å². The lowest BCUT2D eigenvalue weighted by atomic mass is 10.0. The van der Waals surface area contributed by atoms with E-state index in [4.69, 9.17) is 11.6 Å². The molecule has 0 aliphatic heterocycles. The second-order valence-electron chi connectivity index (χ2n) is 4.08. The van der Waals surface area contributed by atoms with E-state index in [1.54, 1.807) is 0 Å². The number of hydrogen-bond donors (Lipinski definition) is 0. The molecule has 5 heteroatoms. The molecular weight excluding hydrogens is 254 g/mol. The zero-order valence-corrected chi connectivity index (χ0v) is 10.9. The maximum absolute atomic E-state index is 11.8. The maximum Gasteiger partial charge on any atom is 0.269 e. The smallest absolute Gasteiger partial charge is 0.269 e. The number of nitrogens with zero attached hydrogens (tertiary/aromatic N) is 1. The molecule has 0 spiro atoms. The monoisotopic (exact) mass is 269 g/mol. The van der Waals surface area contributed by atoms with Crippen molar-refractivity contribution in [2.24, 2.45) is 0 Å². The van der Waals surface area contributed by atoms with Crippen molar-refractivity contribution in [2.45, 2.75) is 32.1 Å². The van der Waals surface area contributed by atoms with Crippen LogP contribution in [-0.4, -0.2) is 16.6 Å². The van der Waals surface area contributed by atoms with Gasteiger partial charge in [-0.2, -0.15) is 0 Å². The van der Waals surface area contributed by atoms with Gasteiger partial charge >= 0.3 is 0 Å². The minimum atomic E-state index is -0.472. The molecule has 0 saturated heterocycles. The van der Waals surface area contributed by atoms with E-state index < -0.39 is 4.92 Å². The zero-order valence-electron chi connectivity index (χ0n) is 10.1. The summed E-state index contributed by atoms with van der Waals surface area (Å²) < 4.78 is 0. The highest BCUT2D eigenvalue weighted by atomic mass is 35.5. The van der Waals surface area contributed by atoms with Crippen LogP contribution in [0.2, 0.25) is 0 Å². The van der Waals surface area contributed by atoms with Gasteiger partial charge in [-0.05, 0) is 25.0 Å². The zero-order chi connectivity index (χ0) is 13.4. The van der Waals surface area contributed by atoms with Gasteiger partial charge in [-0.1, -0.05) is 12.8 Å². The van der Waals surface area contributed by atoms with Gasteiger partial charge in [0, 0.05) is 30.0 Å². The minimum absolute atomic E-state index is 0.00802. The van der Waals surface area contributed by atoms with Crippen LogP contribution < -0.4 is 0 Å². The van der Waals surface area contributed by atoms with Gasteiger partial charge < -0.3 is 0 Å². The molecule has 0 amide bonds. The van der Waals surface area contributed by atoms with E-state index >= 15 is 0 Å². The molecule has 0 aliphatic rings. The Kier molecular flexibility index (Phi) is 6.36. The average molecular weight is 270 g/mol. The van der Waals surface area contributed by atoms with Crippen molar-refractivity contribution in [3.63, 3.8) is 0 Å². The lowest BCUT2D eigenvalue weighted by molar-refractivity contribution is -0.384. The third-order valence-corrected chi connectivity index (χ3v) is 2.95. The number of benzene rings is 1. The van der Waals surface area contributed by atoms with Crippen LogP contribution in [-0.2, 0) is 0 Å². The van der Waals surface area contributed by atoms with Crippen molar-refractivity contribution in [3.05, 3.63) is 39.9 Å². The Labute approximate surface area is 111 Å². The van der Waals surface area contributed by atoms with Crippen molar-refractivity contribution >= 4 is 23.1 Å². The van der Waals surface area contributed by atoms with Crippen LogP contribution in [0, 0.1) is 10.1 Å². The molecule has 0 bridgehead atoms. The highest BCUT2D eigenvalue weighted by Crippen LogP contribution is 2.14. The fourth-order valence-electron chi connectivity index (χ4n) is 1.65. The average Bonchev–Trinajstić information content (AvgIpc) is 2.38. The second-order valence-corrected chi connectivity index (χ2v) is 4.46. The van der Waals surface area contributed by atoms with Gasteiger partial charge in [0.15, 0.2) is 5.78 Å². The highest BCUT2D eigenvalue weighted by molar-refractivity contribution is 6.17. The van der Waals surface area contributed by atoms with Gasteiger partial charge in [-0.3, -0.25) is 14.9 Å². The minimum Gasteiger partial charge on any atom is -0.294 e. The Morgan fingerprint density at radius 1 is 1.11 bits per heavy atom. The molecule has 98 valence electrons. The van der Waals surface area contributed by atoms with Gasteiger partial charge in [0.1, 0.15) is 0 Å². The number of ketones is 1. The number of halogens is 1. The summed E-state index contributed by atoms with van der Waals surface area (Å²) in [5.74, 6) is 0.701. The molecule has 1 aromatic rings. The van der Waals surface area contributed by atoms with Gasteiger partial charge in [-0.25, -0.2) is 0 Å². The molecule has 1 aromatic carbocycles. The Morgan fingerprint density at radius 2 is 1.72 bits per heavy atom. The normalized spacial score (nSPS) is 10.3. The van der Waals surface area contributed by atoms with Gasteiger partial charge in [0.25, 0.3) is 5.69 Å². The molecule has 0 radical (unpaired) electrons. The lowest BCUT2D eigenvalue weighted by Crippen LogP contribution is -1.99. The van der Waals surface area contributed by atoms with Crippen LogP contribution in [0.5, 0.6) is 0 Å². The number of hydrogen-bond acceptors (Lipinski definition) is 3. The molecule has 0 unspecified atom stereocenters. The van der Waals surface area contributed by atoms with E-state index in [1.807, 2.05) is 0 Å². The van der Waals surface area contributed by atoms with E-state index in [9.17, 15) is 14.9 Å². The summed E-state index contributed by atoms with van der Waals surface area (Å²) in [5, 5.41) is 10.5. The first-order chi connectivity index (χ1) is 8.65. The number of alkyl halides is 1. The predicted octanol–water partition coefficient (Wildman–Crippen LogP) is 3.97. The number of nitro groups is 1. The highest BCUT2D eigenvalue weighted by Gasteiger charge is 2.08. The molecule has 0 N–H and O–H groups in total. The number of rotatable bonds is 8. The Morgan fingerprint density at radius 3 is 2.28 bits per heavy atom. The molecule has 18 heavy (non-hydrogen) atoms. The van der Waals surface area contributed by atoms with Crippen LogP contribution >= 0.6 is 11.6 Å². The molecule has 0 aliphatic carbocycles. The third-order valence-electron chi connectivity index (χ3n) is 2.69. The fourth-order valence-corrected chi connectivity index (χ4v) is 1.84. The molecule has 0 saturated carbocycles. The molecule has 0 heterocycles. The van der Waals surface area contributed by atoms with E-state index in [0.29, 0.717) is 17.9 Å². The summed E-state index contributed by atoms with van der Waals surface area (Å²) in [6.45, 7) is 0. The number of Topliss-reactive ketones (excluding diaryl/α,β-unsaturated/α-hetero) is 1. The lowest BCUT2D eigenvalue weighted by Gasteiger charge is -2.01. The van der Waals surface area contributed by atoms with Crippen LogP contribution in [0.4, 0.5) is 5.69 Å². The van der Waals surface area contributed by atoms with Crippen LogP contribution in [0.25, 0.3) is 0 Å². The van der Waals surface area contributed by atoms with Gasteiger partial charge in [0.05, 0.1) is 4.92 Å².